The first kappa shape index (κ1) is 25.1. The maximum Gasteiger partial charge on any atom is 0.119 e. The Balaban J connectivity index is 1.57. The molecule has 7 nitrogen and oxygen atoms in total. The minimum Gasteiger partial charge on any atom is -0.491 e. The lowest BCUT2D eigenvalue weighted by Gasteiger charge is -2.16. The predicted molar refractivity (Wildman–Crippen MR) is 118 cm³/mol. The topological polar surface area (TPSA) is 86.6 Å². The third kappa shape index (κ3) is 10.6. The van der Waals surface area contributed by atoms with E-state index >= 15 is 0 Å². The normalized spacial score (nSPS) is 13.0. The number of methoxy groups -OCH3 is 2. The fraction of sp³-hybridized carbons (Fsp3) is 0.500. The smallest absolute Gasteiger partial charge is 0.119 e. The van der Waals surface area contributed by atoms with Gasteiger partial charge in [0.1, 0.15) is 36.9 Å². The SMILES string of the molecule is COCCc1ccc(OC[C@H](O)COC[C@@H](O)COc2ccc(CCOC)cc2)cc1. The molecule has 0 radical (unpaired) electrons. The molecule has 0 fully saturated rings. The summed E-state index contributed by atoms with van der Waals surface area (Å²) in [5, 5.41) is 20.0. The minimum atomic E-state index is -0.791. The highest BCUT2D eigenvalue weighted by atomic mass is 16.5. The van der Waals surface area contributed by atoms with Gasteiger partial charge in [0.25, 0.3) is 0 Å². The lowest BCUT2D eigenvalue weighted by Crippen LogP contribution is -2.28. The quantitative estimate of drug-likeness (QED) is 0.419. The molecular weight excluding hydrogens is 400 g/mol. The van der Waals surface area contributed by atoms with Crippen LogP contribution in [0.3, 0.4) is 0 Å². The van der Waals surface area contributed by atoms with Gasteiger partial charge in [-0.1, -0.05) is 24.3 Å². The summed E-state index contributed by atoms with van der Waals surface area (Å²) in [6, 6.07) is 15.4. The van der Waals surface area contributed by atoms with Gasteiger partial charge in [-0.2, -0.15) is 0 Å². The zero-order chi connectivity index (χ0) is 22.3. The summed E-state index contributed by atoms with van der Waals surface area (Å²) in [7, 11) is 3.35. The van der Waals surface area contributed by atoms with Crippen LogP contribution in [0.5, 0.6) is 11.5 Å². The van der Waals surface area contributed by atoms with Gasteiger partial charge in [-0.15, -0.1) is 0 Å². The lowest BCUT2D eigenvalue weighted by molar-refractivity contribution is -0.0308. The van der Waals surface area contributed by atoms with E-state index < -0.39 is 12.2 Å². The van der Waals surface area contributed by atoms with Gasteiger partial charge in [-0.25, -0.2) is 0 Å². The third-order valence-electron chi connectivity index (χ3n) is 4.54. The average molecular weight is 435 g/mol. The van der Waals surface area contributed by atoms with E-state index in [1.165, 1.54) is 0 Å². The molecule has 2 aromatic carbocycles. The number of hydrogen-bond acceptors (Lipinski definition) is 7. The number of hydrogen-bond donors (Lipinski definition) is 2. The Labute approximate surface area is 184 Å². The van der Waals surface area contributed by atoms with Crippen LogP contribution in [0, 0.1) is 0 Å². The van der Waals surface area contributed by atoms with Crippen LogP contribution < -0.4 is 9.47 Å². The van der Waals surface area contributed by atoms with Crippen LogP contribution in [0.1, 0.15) is 11.1 Å². The molecule has 2 rings (SSSR count). The molecule has 0 saturated heterocycles. The van der Waals surface area contributed by atoms with Crippen LogP contribution in [0.2, 0.25) is 0 Å². The summed E-state index contributed by atoms with van der Waals surface area (Å²) in [5.74, 6) is 1.36. The molecular formula is C24H34O7. The van der Waals surface area contributed by atoms with E-state index in [-0.39, 0.29) is 26.4 Å². The first-order valence-corrected chi connectivity index (χ1v) is 10.5. The first-order valence-electron chi connectivity index (χ1n) is 10.5. The highest BCUT2D eigenvalue weighted by molar-refractivity contribution is 5.28. The molecule has 0 spiro atoms. The Hall–Kier alpha value is -2.16. The minimum absolute atomic E-state index is 0.0666. The molecule has 0 saturated carbocycles. The average Bonchev–Trinajstić information content (AvgIpc) is 2.80. The summed E-state index contributed by atoms with van der Waals surface area (Å²) in [6.45, 7) is 1.70. The maximum absolute atomic E-state index is 10.0. The Bertz CT molecular complexity index is 641. The number of aliphatic hydroxyl groups excluding tert-OH is 2. The highest BCUT2D eigenvalue weighted by Crippen LogP contribution is 2.14. The van der Waals surface area contributed by atoms with Gasteiger partial charge in [0.05, 0.1) is 26.4 Å². The van der Waals surface area contributed by atoms with Gasteiger partial charge in [0, 0.05) is 14.2 Å². The van der Waals surface area contributed by atoms with Gasteiger partial charge in [-0.3, -0.25) is 0 Å². The molecule has 2 N–H and O–H groups in total. The van der Waals surface area contributed by atoms with Gasteiger partial charge in [0.15, 0.2) is 0 Å². The second-order valence-corrected chi connectivity index (χ2v) is 7.24. The van der Waals surface area contributed by atoms with E-state index in [2.05, 4.69) is 0 Å². The van der Waals surface area contributed by atoms with E-state index in [4.69, 9.17) is 23.7 Å². The zero-order valence-corrected chi connectivity index (χ0v) is 18.4. The molecule has 31 heavy (non-hydrogen) atoms. The van der Waals surface area contributed by atoms with Crippen molar-refractivity contribution < 1.29 is 33.9 Å². The van der Waals surface area contributed by atoms with Gasteiger partial charge in [-0.05, 0) is 48.2 Å². The summed E-state index contributed by atoms with van der Waals surface area (Å²) in [5.41, 5.74) is 2.33. The van der Waals surface area contributed by atoms with Crippen LogP contribution in [-0.2, 0) is 27.1 Å². The number of rotatable bonds is 16. The van der Waals surface area contributed by atoms with Crippen molar-refractivity contribution in [2.75, 3.05) is 53.9 Å². The standard InChI is InChI=1S/C24H34O7/c1-27-13-11-19-3-7-23(8-4-19)30-17-21(25)15-29-16-22(26)18-31-24-9-5-20(6-10-24)12-14-28-2/h3-10,21-22,25-26H,11-18H2,1-2H3/t21-,22-/m1/s1. The predicted octanol–water partition coefficient (Wildman–Crippen LogP) is 2.26. The van der Waals surface area contributed by atoms with Crippen molar-refractivity contribution in [2.24, 2.45) is 0 Å². The lowest BCUT2D eigenvalue weighted by atomic mass is 10.1. The van der Waals surface area contributed by atoms with Crippen molar-refractivity contribution in [3.63, 3.8) is 0 Å². The molecule has 0 aliphatic heterocycles. The summed E-state index contributed by atoms with van der Waals surface area (Å²) < 4.78 is 26.6. The van der Waals surface area contributed by atoms with Crippen molar-refractivity contribution >= 4 is 0 Å². The Morgan fingerprint density at radius 3 is 1.35 bits per heavy atom. The summed E-state index contributed by atoms with van der Waals surface area (Å²) in [6.07, 6.45) is 0.111. The number of ether oxygens (including phenoxy) is 5. The second kappa shape index (κ2) is 14.8. The third-order valence-corrected chi connectivity index (χ3v) is 4.54. The van der Waals surface area contributed by atoms with E-state index in [0.29, 0.717) is 24.7 Å². The maximum atomic E-state index is 10.0. The molecule has 0 aliphatic carbocycles. The van der Waals surface area contributed by atoms with Crippen LogP contribution in [-0.4, -0.2) is 76.3 Å². The second-order valence-electron chi connectivity index (χ2n) is 7.24. The van der Waals surface area contributed by atoms with Crippen LogP contribution in [0.15, 0.2) is 48.5 Å². The molecule has 0 aliphatic rings. The Morgan fingerprint density at radius 1 is 0.613 bits per heavy atom. The van der Waals surface area contributed by atoms with Crippen LogP contribution >= 0.6 is 0 Å². The molecule has 0 heterocycles. The fourth-order valence-electron chi connectivity index (χ4n) is 2.77. The van der Waals surface area contributed by atoms with Crippen LogP contribution in [0.4, 0.5) is 0 Å². The molecule has 2 aromatic rings. The van der Waals surface area contributed by atoms with Crippen molar-refractivity contribution in [1.29, 1.82) is 0 Å². The van der Waals surface area contributed by atoms with Crippen molar-refractivity contribution in [1.82, 2.24) is 0 Å². The van der Waals surface area contributed by atoms with Crippen molar-refractivity contribution in [3.05, 3.63) is 59.7 Å². The van der Waals surface area contributed by atoms with Crippen LogP contribution in [0.25, 0.3) is 0 Å². The molecule has 172 valence electrons. The molecule has 7 heteroatoms. The highest BCUT2D eigenvalue weighted by Gasteiger charge is 2.10. The van der Waals surface area contributed by atoms with Gasteiger partial charge in [0.2, 0.25) is 0 Å². The zero-order valence-electron chi connectivity index (χ0n) is 18.4. The fourth-order valence-corrected chi connectivity index (χ4v) is 2.77. The summed E-state index contributed by atoms with van der Waals surface area (Å²) in [4.78, 5) is 0. The molecule has 2 atom stereocenters. The van der Waals surface area contributed by atoms with E-state index in [1.54, 1.807) is 14.2 Å². The van der Waals surface area contributed by atoms with E-state index in [0.717, 1.165) is 24.0 Å². The molecule has 0 unspecified atom stereocenters. The van der Waals surface area contributed by atoms with Gasteiger partial charge < -0.3 is 33.9 Å². The van der Waals surface area contributed by atoms with E-state index in [9.17, 15) is 10.2 Å². The van der Waals surface area contributed by atoms with Gasteiger partial charge >= 0.3 is 0 Å². The van der Waals surface area contributed by atoms with E-state index in [1.807, 2.05) is 48.5 Å². The molecule has 0 amide bonds. The first-order chi connectivity index (χ1) is 15.1. The monoisotopic (exact) mass is 434 g/mol. The Kier molecular flexibility index (Phi) is 12.0. The number of benzene rings is 2. The molecule has 0 bridgehead atoms. The van der Waals surface area contributed by atoms with Crippen molar-refractivity contribution in [3.8, 4) is 11.5 Å². The van der Waals surface area contributed by atoms with Crippen molar-refractivity contribution in [2.45, 2.75) is 25.0 Å². The Morgan fingerprint density at radius 2 is 1.00 bits per heavy atom. The number of aliphatic hydroxyl groups is 2. The summed E-state index contributed by atoms with van der Waals surface area (Å²) >= 11 is 0. The molecule has 0 aromatic heterocycles. The largest absolute Gasteiger partial charge is 0.491 e.